The normalized spacial score (nSPS) is 10.4. The van der Waals surface area contributed by atoms with Crippen molar-refractivity contribution in [1.29, 1.82) is 0 Å². The highest BCUT2D eigenvalue weighted by molar-refractivity contribution is 9.10. The summed E-state index contributed by atoms with van der Waals surface area (Å²) < 4.78 is 14.5. The van der Waals surface area contributed by atoms with Crippen LogP contribution in [0.2, 0.25) is 5.02 Å². The monoisotopic (exact) mass is 391 g/mol. The molecule has 0 spiro atoms. The molecular formula is C13H9Br2ClFN. The van der Waals surface area contributed by atoms with Crippen molar-refractivity contribution in [2.24, 2.45) is 0 Å². The van der Waals surface area contributed by atoms with Gasteiger partial charge in [-0.15, -0.1) is 0 Å². The molecule has 0 aliphatic carbocycles. The Bertz CT molecular complexity index is 575. The van der Waals surface area contributed by atoms with Crippen molar-refractivity contribution >= 4 is 49.1 Å². The van der Waals surface area contributed by atoms with Gasteiger partial charge in [0.2, 0.25) is 0 Å². The average Bonchev–Trinajstić information content (AvgIpc) is 2.34. The van der Waals surface area contributed by atoms with E-state index in [0.29, 0.717) is 16.0 Å². The van der Waals surface area contributed by atoms with Crippen molar-refractivity contribution in [3.05, 3.63) is 61.7 Å². The molecule has 0 aliphatic rings. The number of benzene rings is 2. The van der Waals surface area contributed by atoms with Crippen molar-refractivity contribution in [3.8, 4) is 0 Å². The second-order valence-corrected chi connectivity index (χ2v) is 5.86. The van der Waals surface area contributed by atoms with E-state index < -0.39 is 0 Å². The van der Waals surface area contributed by atoms with Gasteiger partial charge in [-0.25, -0.2) is 4.39 Å². The van der Waals surface area contributed by atoms with E-state index in [4.69, 9.17) is 11.6 Å². The molecule has 0 atom stereocenters. The summed E-state index contributed by atoms with van der Waals surface area (Å²) in [4.78, 5) is 0. The summed E-state index contributed by atoms with van der Waals surface area (Å²) in [5.74, 6) is -0.274. The quantitative estimate of drug-likeness (QED) is 0.714. The fourth-order valence-electron chi connectivity index (χ4n) is 1.48. The third-order valence-corrected chi connectivity index (χ3v) is 4.03. The molecule has 0 saturated heterocycles. The first-order valence-electron chi connectivity index (χ1n) is 5.19. The highest BCUT2D eigenvalue weighted by Gasteiger charge is 2.03. The van der Waals surface area contributed by atoms with Crippen molar-refractivity contribution < 1.29 is 4.39 Å². The molecule has 0 unspecified atom stereocenters. The Labute approximate surface area is 127 Å². The topological polar surface area (TPSA) is 12.0 Å². The van der Waals surface area contributed by atoms with Crippen LogP contribution >= 0.6 is 43.5 Å². The van der Waals surface area contributed by atoms with E-state index in [1.165, 1.54) is 6.07 Å². The summed E-state index contributed by atoms with van der Waals surface area (Å²) in [5.41, 5.74) is 1.89. The molecule has 1 N–H and O–H groups in total. The Balaban J connectivity index is 2.11. The van der Waals surface area contributed by atoms with Gasteiger partial charge in [0.05, 0.1) is 4.47 Å². The molecule has 0 bridgehead atoms. The fraction of sp³-hybridized carbons (Fsp3) is 0.0769. The van der Waals surface area contributed by atoms with Gasteiger partial charge in [-0.2, -0.15) is 0 Å². The summed E-state index contributed by atoms with van der Waals surface area (Å²) in [5, 5.41) is 3.90. The molecule has 0 saturated carbocycles. The second-order valence-electron chi connectivity index (χ2n) is 3.72. The Morgan fingerprint density at radius 3 is 2.56 bits per heavy atom. The van der Waals surface area contributed by atoms with Gasteiger partial charge in [0.25, 0.3) is 0 Å². The van der Waals surface area contributed by atoms with Crippen molar-refractivity contribution in [2.75, 3.05) is 5.32 Å². The average molecular weight is 393 g/mol. The van der Waals surface area contributed by atoms with Crippen LogP contribution in [0.15, 0.2) is 45.3 Å². The fourth-order valence-corrected chi connectivity index (χ4v) is 2.44. The molecule has 0 heterocycles. The summed E-state index contributed by atoms with van der Waals surface area (Å²) in [6.45, 7) is 0.610. The molecule has 0 radical (unpaired) electrons. The van der Waals surface area contributed by atoms with E-state index in [0.717, 1.165) is 15.7 Å². The molecule has 0 fully saturated rings. The van der Waals surface area contributed by atoms with Gasteiger partial charge in [0, 0.05) is 21.7 Å². The lowest BCUT2D eigenvalue weighted by Crippen LogP contribution is -2.00. The molecule has 94 valence electrons. The van der Waals surface area contributed by atoms with Gasteiger partial charge >= 0.3 is 0 Å². The van der Waals surface area contributed by atoms with Gasteiger partial charge in [0.1, 0.15) is 5.82 Å². The van der Waals surface area contributed by atoms with Crippen LogP contribution in [0.3, 0.4) is 0 Å². The lowest BCUT2D eigenvalue weighted by Gasteiger charge is -2.09. The lowest BCUT2D eigenvalue weighted by atomic mass is 10.2. The van der Waals surface area contributed by atoms with Crippen LogP contribution in [0.25, 0.3) is 0 Å². The van der Waals surface area contributed by atoms with Gasteiger partial charge in [0.15, 0.2) is 0 Å². The minimum Gasteiger partial charge on any atom is -0.381 e. The van der Waals surface area contributed by atoms with Crippen LogP contribution in [-0.4, -0.2) is 0 Å². The number of hydrogen-bond acceptors (Lipinski definition) is 1. The lowest BCUT2D eigenvalue weighted by molar-refractivity contribution is 0.621. The molecular weight excluding hydrogens is 384 g/mol. The van der Waals surface area contributed by atoms with Crippen LogP contribution in [0.5, 0.6) is 0 Å². The third kappa shape index (κ3) is 3.46. The number of hydrogen-bond donors (Lipinski definition) is 1. The van der Waals surface area contributed by atoms with E-state index in [1.54, 1.807) is 12.1 Å². The highest BCUT2D eigenvalue weighted by Crippen LogP contribution is 2.24. The number of rotatable bonds is 3. The maximum atomic E-state index is 13.1. The van der Waals surface area contributed by atoms with E-state index in [-0.39, 0.29) is 5.82 Å². The van der Waals surface area contributed by atoms with Gasteiger partial charge in [-0.3, -0.25) is 0 Å². The van der Waals surface area contributed by atoms with Crippen molar-refractivity contribution in [2.45, 2.75) is 6.54 Å². The zero-order chi connectivity index (χ0) is 13.1. The molecule has 2 aromatic rings. The molecule has 2 aromatic carbocycles. The maximum Gasteiger partial charge on any atom is 0.137 e. The van der Waals surface area contributed by atoms with Crippen LogP contribution in [-0.2, 0) is 6.54 Å². The molecule has 0 aromatic heterocycles. The SMILES string of the molecule is Fc1ccc(NCc2cc(Cl)ccc2Br)cc1Br. The number of anilines is 1. The summed E-state index contributed by atoms with van der Waals surface area (Å²) >= 11 is 12.6. The second kappa shape index (κ2) is 6.04. The Morgan fingerprint density at radius 2 is 1.83 bits per heavy atom. The smallest absolute Gasteiger partial charge is 0.137 e. The van der Waals surface area contributed by atoms with Gasteiger partial charge in [-0.05, 0) is 57.9 Å². The first-order chi connectivity index (χ1) is 8.56. The maximum absolute atomic E-state index is 13.1. The Kier molecular flexibility index (Phi) is 4.65. The van der Waals surface area contributed by atoms with E-state index in [1.807, 2.05) is 18.2 Å². The summed E-state index contributed by atoms with van der Waals surface area (Å²) in [6.07, 6.45) is 0. The third-order valence-electron chi connectivity index (χ3n) is 2.41. The minimum absolute atomic E-state index is 0.274. The molecule has 0 amide bonds. The van der Waals surface area contributed by atoms with E-state index in [9.17, 15) is 4.39 Å². The predicted octanol–water partition coefficient (Wildman–Crippen LogP) is 5.62. The highest BCUT2D eigenvalue weighted by atomic mass is 79.9. The minimum atomic E-state index is -0.274. The van der Waals surface area contributed by atoms with Crippen LogP contribution in [0.4, 0.5) is 10.1 Å². The van der Waals surface area contributed by atoms with Crippen molar-refractivity contribution in [3.63, 3.8) is 0 Å². The number of halogens is 4. The standard InChI is InChI=1S/C13H9Br2ClFN/c14-11-3-1-9(16)5-8(11)7-18-10-2-4-13(17)12(15)6-10/h1-6,18H,7H2. The Morgan fingerprint density at radius 1 is 1.06 bits per heavy atom. The van der Waals surface area contributed by atoms with Crippen LogP contribution in [0.1, 0.15) is 5.56 Å². The van der Waals surface area contributed by atoms with Crippen LogP contribution in [0, 0.1) is 5.82 Å². The summed E-state index contributed by atoms with van der Waals surface area (Å²) in [7, 11) is 0. The van der Waals surface area contributed by atoms with E-state index in [2.05, 4.69) is 37.2 Å². The van der Waals surface area contributed by atoms with E-state index >= 15 is 0 Å². The zero-order valence-corrected chi connectivity index (χ0v) is 13.1. The Hall–Kier alpha value is -0.580. The van der Waals surface area contributed by atoms with Crippen molar-refractivity contribution in [1.82, 2.24) is 0 Å². The molecule has 2 rings (SSSR count). The molecule has 5 heteroatoms. The molecule has 0 aliphatic heterocycles. The van der Waals surface area contributed by atoms with Gasteiger partial charge < -0.3 is 5.32 Å². The summed E-state index contributed by atoms with van der Waals surface area (Å²) in [6, 6.07) is 10.4. The zero-order valence-electron chi connectivity index (χ0n) is 9.18. The van der Waals surface area contributed by atoms with Crippen LogP contribution < -0.4 is 5.32 Å². The largest absolute Gasteiger partial charge is 0.381 e. The first-order valence-corrected chi connectivity index (χ1v) is 7.15. The molecule has 1 nitrogen and oxygen atoms in total. The van der Waals surface area contributed by atoms with Gasteiger partial charge in [-0.1, -0.05) is 27.5 Å². The molecule has 18 heavy (non-hydrogen) atoms. The first kappa shape index (κ1) is 13.8. The predicted molar refractivity (Wildman–Crippen MR) is 80.6 cm³/mol. The number of nitrogens with one attached hydrogen (secondary N) is 1.